The van der Waals surface area contributed by atoms with Gasteiger partial charge in [-0.15, -0.1) is 0 Å². The van der Waals surface area contributed by atoms with Gasteiger partial charge in [-0.1, -0.05) is 41.1 Å². The lowest BCUT2D eigenvalue weighted by molar-refractivity contribution is 0.473. The average molecular weight is 310 g/mol. The van der Waals surface area contributed by atoms with Gasteiger partial charge in [0.25, 0.3) is 0 Å². The first kappa shape index (κ1) is 13.4. The van der Waals surface area contributed by atoms with Crippen LogP contribution in [0.5, 0.6) is 0 Å². The lowest BCUT2D eigenvalue weighted by Crippen LogP contribution is -2.40. The third kappa shape index (κ3) is 3.25. The van der Waals surface area contributed by atoms with Crippen molar-refractivity contribution in [3.05, 3.63) is 34.3 Å². The van der Waals surface area contributed by atoms with Crippen molar-refractivity contribution in [1.29, 1.82) is 0 Å². The summed E-state index contributed by atoms with van der Waals surface area (Å²) in [5.74, 6) is 1.75. The van der Waals surface area contributed by atoms with Gasteiger partial charge in [0.15, 0.2) is 5.96 Å². The number of aliphatic imine (C=N–C) groups is 1. The van der Waals surface area contributed by atoms with Gasteiger partial charge in [0.05, 0.1) is 0 Å². The third-order valence-corrected chi connectivity index (χ3v) is 4.14. The molecule has 0 spiro atoms. The minimum absolute atomic E-state index is 0.602. The standard InChI is InChI=1S/C14H20BrN3/c1-10-8-13(10)17-14(16-2)18(3)9-11-6-4-5-7-12(11)15/h4-7,10,13H,8-9H2,1-3H3,(H,16,17). The van der Waals surface area contributed by atoms with Crippen LogP contribution >= 0.6 is 15.9 Å². The van der Waals surface area contributed by atoms with Crippen LogP contribution in [0.1, 0.15) is 18.9 Å². The van der Waals surface area contributed by atoms with Gasteiger partial charge in [0.2, 0.25) is 0 Å². The first-order valence-corrected chi connectivity index (χ1v) is 7.09. The second kappa shape index (κ2) is 5.74. The molecule has 3 nitrogen and oxygen atoms in total. The number of rotatable bonds is 3. The van der Waals surface area contributed by atoms with Gasteiger partial charge in [-0.05, 0) is 24.0 Å². The molecule has 18 heavy (non-hydrogen) atoms. The summed E-state index contributed by atoms with van der Waals surface area (Å²) < 4.78 is 1.15. The predicted molar refractivity (Wildman–Crippen MR) is 79.7 cm³/mol. The Labute approximate surface area is 117 Å². The van der Waals surface area contributed by atoms with E-state index in [0.29, 0.717) is 6.04 Å². The number of halogens is 1. The smallest absolute Gasteiger partial charge is 0.193 e. The van der Waals surface area contributed by atoms with E-state index >= 15 is 0 Å². The molecule has 0 bridgehead atoms. The van der Waals surface area contributed by atoms with Crippen molar-refractivity contribution in [3.8, 4) is 0 Å². The summed E-state index contributed by atoms with van der Waals surface area (Å²) in [7, 11) is 3.91. The molecule has 98 valence electrons. The van der Waals surface area contributed by atoms with Gasteiger partial charge in [0, 0.05) is 31.2 Å². The summed E-state index contributed by atoms with van der Waals surface area (Å²) in [6.45, 7) is 3.11. The first-order chi connectivity index (χ1) is 8.61. The quantitative estimate of drug-likeness (QED) is 0.687. The Morgan fingerprint density at radius 1 is 1.50 bits per heavy atom. The van der Waals surface area contributed by atoms with Crippen molar-refractivity contribution >= 4 is 21.9 Å². The summed E-state index contributed by atoms with van der Waals surface area (Å²) in [6.07, 6.45) is 1.25. The molecule has 0 aliphatic heterocycles. The second-order valence-corrected chi connectivity index (χ2v) is 5.81. The SMILES string of the molecule is CN=C(NC1CC1C)N(C)Cc1ccccc1Br. The van der Waals surface area contributed by atoms with E-state index < -0.39 is 0 Å². The summed E-state index contributed by atoms with van der Waals surface area (Å²) in [6, 6.07) is 8.90. The molecule has 1 N–H and O–H groups in total. The Hall–Kier alpha value is -1.03. The average Bonchev–Trinajstić information content (AvgIpc) is 3.05. The number of nitrogens with zero attached hydrogens (tertiary/aromatic N) is 2. The zero-order valence-electron chi connectivity index (χ0n) is 11.2. The predicted octanol–water partition coefficient (Wildman–Crippen LogP) is 2.86. The Morgan fingerprint density at radius 2 is 2.17 bits per heavy atom. The summed E-state index contributed by atoms with van der Waals surface area (Å²) >= 11 is 3.58. The van der Waals surface area contributed by atoms with Crippen LogP contribution in [0.25, 0.3) is 0 Å². The fourth-order valence-electron chi connectivity index (χ4n) is 1.99. The van der Waals surface area contributed by atoms with E-state index in [1.807, 2.05) is 13.1 Å². The molecule has 4 heteroatoms. The first-order valence-electron chi connectivity index (χ1n) is 6.29. The van der Waals surface area contributed by atoms with Crippen molar-refractivity contribution in [2.45, 2.75) is 25.9 Å². The Morgan fingerprint density at radius 3 is 2.72 bits per heavy atom. The molecule has 2 atom stereocenters. The van der Waals surface area contributed by atoms with Gasteiger partial charge in [-0.3, -0.25) is 4.99 Å². The number of nitrogens with one attached hydrogen (secondary N) is 1. The highest BCUT2D eigenvalue weighted by Gasteiger charge is 2.33. The van der Waals surface area contributed by atoms with Gasteiger partial charge in [0.1, 0.15) is 0 Å². The summed E-state index contributed by atoms with van der Waals surface area (Å²) in [4.78, 5) is 6.50. The minimum Gasteiger partial charge on any atom is -0.353 e. The van der Waals surface area contributed by atoms with E-state index in [9.17, 15) is 0 Å². The molecule has 1 aliphatic carbocycles. The van der Waals surface area contributed by atoms with Crippen LogP contribution in [-0.4, -0.2) is 31.0 Å². The minimum atomic E-state index is 0.602. The van der Waals surface area contributed by atoms with Gasteiger partial charge in [-0.25, -0.2) is 0 Å². The normalized spacial score (nSPS) is 22.8. The van der Waals surface area contributed by atoms with Crippen molar-refractivity contribution < 1.29 is 0 Å². The van der Waals surface area contributed by atoms with Gasteiger partial charge >= 0.3 is 0 Å². The fraction of sp³-hybridized carbons (Fsp3) is 0.500. The molecule has 0 radical (unpaired) electrons. The van der Waals surface area contributed by atoms with Crippen molar-refractivity contribution in [2.24, 2.45) is 10.9 Å². The third-order valence-electron chi connectivity index (χ3n) is 3.36. The molecule has 1 aromatic rings. The highest BCUT2D eigenvalue weighted by molar-refractivity contribution is 9.10. The molecule has 0 heterocycles. The van der Waals surface area contributed by atoms with Crippen LogP contribution in [0.3, 0.4) is 0 Å². The number of guanidine groups is 1. The van der Waals surface area contributed by atoms with Gasteiger partial charge in [-0.2, -0.15) is 0 Å². The van der Waals surface area contributed by atoms with E-state index in [-0.39, 0.29) is 0 Å². The van der Waals surface area contributed by atoms with E-state index in [0.717, 1.165) is 22.9 Å². The molecule has 0 saturated heterocycles. The second-order valence-electron chi connectivity index (χ2n) is 4.96. The van der Waals surface area contributed by atoms with E-state index in [2.05, 4.69) is 63.3 Å². The topological polar surface area (TPSA) is 27.6 Å². The Kier molecular flexibility index (Phi) is 4.27. The highest BCUT2D eigenvalue weighted by atomic mass is 79.9. The van der Waals surface area contributed by atoms with E-state index in [1.165, 1.54) is 12.0 Å². The largest absolute Gasteiger partial charge is 0.353 e. The Bertz CT molecular complexity index is 444. The van der Waals surface area contributed by atoms with Crippen molar-refractivity contribution in [3.63, 3.8) is 0 Å². The lowest BCUT2D eigenvalue weighted by Gasteiger charge is -2.22. The van der Waals surface area contributed by atoms with Crippen molar-refractivity contribution in [2.75, 3.05) is 14.1 Å². The molecule has 2 rings (SSSR count). The molecule has 2 unspecified atom stereocenters. The molecular formula is C14H20BrN3. The maximum atomic E-state index is 4.34. The molecule has 1 aromatic carbocycles. The van der Waals surface area contributed by atoms with Crippen LogP contribution in [0.2, 0.25) is 0 Å². The fourth-order valence-corrected chi connectivity index (χ4v) is 2.40. The number of benzene rings is 1. The molecule has 0 aromatic heterocycles. The number of hydrogen-bond acceptors (Lipinski definition) is 1. The lowest BCUT2D eigenvalue weighted by atomic mass is 10.2. The van der Waals surface area contributed by atoms with E-state index in [4.69, 9.17) is 0 Å². The van der Waals surface area contributed by atoms with Gasteiger partial charge < -0.3 is 10.2 Å². The summed E-state index contributed by atoms with van der Waals surface area (Å²) in [5.41, 5.74) is 1.27. The van der Waals surface area contributed by atoms with E-state index in [1.54, 1.807) is 0 Å². The molecule has 1 saturated carbocycles. The maximum absolute atomic E-state index is 4.34. The highest BCUT2D eigenvalue weighted by Crippen LogP contribution is 2.29. The van der Waals surface area contributed by atoms with Crippen LogP contribution in [0.4, 0.5) is 0 Å². The van der Waals surface area contributed by atoms with Crippen LogP contribution < -0.4 is 5.32 Å². The molecular weight excluding hydrogens is 290 g/mol. The number of hydrogen-bond donors (Lipinski definition) is 1. The molecule has 1 fully saturated rings. The zero-order chi connectivity index (χ0) is 13.1. The Balaban J connectivity index is 1.97. The molecule has 0 amide bonds. The summed E-state index contributed by atoms with van der Waals surface area (Å²) in [5, 5.41) is 3.49. The van der Waals surface area contributed by atoms with Crippen LogP contribution in [0, 0.1) is 5.92 Å². The maximum Gasteiger partial charge on any atom is 0.193 e. The van der Waals surface area contributed by atoms with Crippen LogP contribution in [0.15, 0.2) is 33.7 Å². The molecule has 1 aliphatic rings. The monoisotopic (exact) mass is 309 g/mol. The van der Waals surface area contributed by atoms with Crippen molar-refractivity contribution in [1.82, 2.24) is 10.2 Å². The van der Waals surface area contributed by atoms with Crippen LogP contribution in [-0.2, 0) is 6.54 Å². The zero-order valence-corrected chi connectivity index (χ0v) is 12.7.